The normalized spacial score (nSPS) is 19.8. The molecule has 3 amide bonds. The van der Waals surface area contributed by atoms with Gasteiger partial charge in [0.05, 0.1) is 17.8 Å². The summed E-state index contributed by atoms with van der Waals surface area (Å²) in [7, 11) is 0. The summed E-state index contributed by atoms with van der Waals surface area (Å²) in [6.07, 6.45) is -1.25. The zero-order chi connectivity index (χ0) is 24.5. The van der Waals surface area contributed by atoms with Gasteiger partial charge in [-0.15, -0.1) is 0 Å². The van der Waals surface area contributed by atoms with Gasteiger partial charge in [0.2, 0.25) is 0 Å². The molecular formula is C25H29F3N4O2. The van der Waals surface area contributed by atoms with Crippen molar-refractivity contribution in [3.8, 4) is 0 Å². The van der Waals surface area contributed by atoms with Crippen molar-refractivity contribution in [2.45, 2.75) is 57.4 Å². The van der Waals surface area contributed by atoms with Crippen molar-refractivity contribution in [1.29, 1.82) is 0 Å². The zero-order valence-electron chi connectivity index (χ0n) is 19.4. The predicted molar refractivity (Wildman–Crippen MR) is 121 cm³/mol. The highest BCUT2D eigenvalue weighted by molar-refractivity contribution is 6.07. The quantitative estimate of drug-likeness (QED) is 0.584. The third-order valence-corrected chi connectivity index (χ3v) is 7.02. The number of nitrogens with zero attached hydrogens (tertiary/aromatic N) is 4. The number of carbonyl (C=O) groups excluding carboxylic acids is 2. The van der Waals surface area contributed by atoms with Gasteiger partial charge in [-0.3, -0.25) is 14.7 Å². The average Bonchev–Trinajstić information content (AvgIpc) is 3.00. The van der Waals surface area contributed by atoms with Gasteiger partial charge in [-0.2, -0.15) is 13.2 Å². The Morgan fingerprint density at radius 1 is 1.09 bits per heavy atom. The number of halogens is 3. The molecule has 0 bridgehead atoms. The second-order valence-corrected chi connectivity index (χ2v) is 9.06. The molecule has 0 saturated carbocycles. The first kappa shape index (κ1) is 24.2. The van der Waals surface area contributed by atoms with Crippen LogP contribution in [-0.4, -0.2) is 62.8 Å². The van der Waals surface area contributed by atoms with E-state index in [4.69, 9.17) is 0 Å². The van der Waals surface area contributed by atoms with E-state index in [2.05, 4.69) is 9.88 Å². The van der Waals surface area contributed by atoms with Gasteiger partial charge in [0, 0.05) is 31.9 Å². The molecule has 2 fully saturated rings. The van der Waals surface area contributed by atoms with Crippen LogP contribution < -0.4 is 0 Å². The first-order valence-corrected chi connectivity index (χ1v) is 11.6. The van der Waals surface area contributed by atoms with E-state index in [0.29, 0.717) is 50.2 Å². The van der Waals surface area contributed by atoms with E-state index in [-0.39, 0.29) is 24.5 Å². The number of benzene rings is 1. The van der Waals surface area contributed by atoms with Gasteiger partial charge < -0.3 is 9.80 Å². The number of likely N-dealkylation sites (N-methyl/N-ethyl adjacent to an activating group) is 1. The van der Waals surface area contributed by atoms with E-state index in [1.807, 2.05) is 19.9 Å². The van der Waals surface area contributed by atoms with Crippen LogP contribution in [0.4, 0.5) is 18.0 Å². The van der Waals surface area contributed by atoms with E-state index < -0.39 is 17.3 Å². The maximum Gasteiger partial charge on any atom is 0.416 e. The molecule has 1 aromatic heterocycles. The van der Waals surface area contributed by atoms with Gasteiger partial charge in [0.15, 0.2) is 0 Å². The van der Waals surface area contributed by atoms with Crippen LogP contribution in [0.25, 0.3) is 0 Å². The first-order valence-electron chi connectivity index (χ1n) is 11.6. The molecule has 1 aromatic carbocycles. The SMILES string of the molecule is CCN1C(=O)N(Cc2ccccn2)C(=O)C12CCN([C@@H](C)Cc1cccc(C(F)(F)F)c1)CC2. The Balaban J connectivity index is 1.44. The van der Waals surface area contributed by atoms with Crippen LogP contribution in [0.3, 0.4) is 0 Å². The van der Waals surface area contributed by atoms with Gasteiger partial charge >= 0.3 is 12.2 Å². The predicted octanol–water partition coefficient (Wildman–Crippen LogP) is 4.35. The molecule has 9 heteroatoms. The Bertz CT molecular complexity index is 1040. The summed E-state index contributed by atoms with van der Waals surface area (Å²) in [5, 5.41) is 0. The van der Waals surface area contributed by atoms with Crippen molar-refractivity contribution >= 4 is 11.9 Å². The molecule has 4 rings (SSSR count). The maximum atomic E-state index is 13.5. The Hall–Kier alpha value is -2.94. The first-order chi connectivity index (χ1) is 16.2. The molecule has 6 nitrogen and oxygen atoms in total. The minimum absolute atomic E-state index is 0.00717. The number of alkyl halides is 3. The number of hydrogen-bond acceptors (Lipinski definition) is 4. The molecular weight excluding hydrogens is 445 g/mol. The summed E-state index contributed by atoms with van der Waals surface area (Å²) in [5.74, 6) is -0.185. The van der Waals surface area contributed by atoms with Gasteiger partial charge in [0.25, 0.3) is 5.91 Å². The highest BCUT2D eigenvalue weighted by Crippen LogP contribution is 2.38. The van der Waals surface area contributed by atoms with Crippen molar-refractivity contribution in [2.75, 3.05) is 19.6 Å². The summed E-state index contributed by atoms with van der Waals surface area (Å²) in [6, 6.07) is 10.6. The molecule has 0 unspecified atom stereocenters. The fraction of sp³-hybridized carbons (Fsp3) is 0.480. The van der Waals surface area contributed by atoms with E-state index in [1.54, 1.807) is 29.3 Å². The number of urea groups is 1. The number of amides is 3. The number of rotatable bonds is 6. The maximum absolute atomic E-state index is 13.5. The van der Waals surface area contributed by atoms with E-state index >= 15 is 0 Å². The molecule has 2 aliphatic heterocycles. The van der Waals surface area contributed by atoms with E-state index in [0.717, 1.165) is 6.07 Å². The molecule has 2 aliphatic rings. The third kappa shape index (κ3) is 4.53. The second-order valence-electron chi connectivity index (χ2n) is 9.06. The highest BCUT2D eigenvalue weighted by Gasteiger charge is 2.57. The lowest BCUT2D eigenvalue weighted by Gasteiger charge is -2.43. The smallest absolute Gasteiger partial charge is 0.310 e. The van der Waals surface area contributed by atoms with Crippen molar-refractivity contribution in [1.82, 2.24) is 19.7 Å². The van der Waals surface area contributed by atoms with Crippen molar-refractivity contribution in [3.63, 3.8) is 0 Å². The second kappa shape index (κ2) is 9.37. The Morgan fingerprint density at radius 2 is 1.82 bits per heavy atom. The van der Waals surface area contributed by atoms with Gasteiger partial charge in [0.1, 0.15) is 5.54 Å². The Morgan fingerprint density at radius 3 is 2.44 bits per heavy atom. The van der Waals surface area contributed by atoms with Crippen LogP contribution in [0.2, 0.25) is 0 Å². The highest BCUT2D eigenvalue weighted by atomic mass is 19.4. The van der Waals surface area contributed by atoms with Crippen molar-refractivity contribution in [3.05, 3.63) is 65.5 Å². The molecule has 2 saturated heterocycles. The molecule has 182 valence electrons. The summed E-state index contributed by atoms with van der Waals surface area (Å²) in [4.78, 5) is 36.0. The number of aromatic nitrogens is 1. The topological polar surface area (TPSA) is 56.8 Å². The Kier molecular flexibility index (Phi) is 6.66. The van der Waals surface area contributed by atoms with Crippen molar-refractivity contribution < 1.29 is 22.8 Å². The van der Waals surface area contributed by atoms with Gasteiger partial charge in [-0.1, -0.05) is 24.3 Å². The summed E-state index contributed by atoms with van der Waals surface area (Å²) in [5.41, 5.74) is -0.222. The minimum atomic E-state index is -4.36. The molecule has 0 aliphatic carbocycles. The fourth-order valence-corrected chi connectivity index (χ4v) is 5.18. The standard InChI is InChI=1S/C25H29F3N4O2/c1-3-32-23(34)31(17-21-9-4-5-12-29-21)22(33)24(32)10-13-30(14-11-24)18(2)15-19-7-6-8-20(16-19)25(26,27)28/h4-9,12,16,18H,3,10-11,13-15,17H2,1-2H3/t18-/m0/s1. The minimum Gasteiger partial charge on any atom is -0.310 e. The van der Waals surface area contributed by atoms with Crippen LogP contribution in [0.5, 0.6) is 0 Å². The van der Waals surface area contributed by atoms with Crippen LogP contribution in [0, 0.1) is 0 Å². The van der Waals surface area contributed by atoms with Crippen LogP contribution in [0.15, 0.2) is 48.7 Å². The lowest BCUT2D eigenvalue weighted by Crippen LogP contribution is -2.57. The average molecular weight is 475 g/mol. The van der Waals surface area contributed by atoms with E-state index in [9.17, 15) is 22.8 Å². The van der Waals surface area contributed by atoms with Crippen LogP contribution >= 0.6 is 0 Å². The molecule has 0 radical (unpaired) electrons. The number of imide groups is 1. The van der Waals surface area contributed by atoms with E-state index in [1.165, 1.54) is 17.0 Å². The lowest BCUT2D eigenvalue weighted by atomic mass is 9.85. The van der Waals surface area contributed by atoms with Crippen LogP contribution in [-0.2, 0) is 23.9 Å². The molecule has 3 heterocycles. The monoisotopic (exact) mass is 474 g/mol. The zero-order valence-corrected chi connectivity index (χ0v) is 19.4. The molecule has 34 heavy (non-hydrogen) atoms. The number of carbonyl (C=O) groups is 2. The van der Waals surface area contributed by atoms with Crippen molar-refractivity contribution in [2.24, 2.45) is 0 Å². The lowest BCUT2D eigenvalue weighted by molar-refractivity contribution is -0.137. The molecule has 1 spiro atoms. The summed E-state index contributed by atoms with van der Waals surface area (Å²) < 4.78 is 39.2. The number of piperidine rings is 1. The van der Waals surface area contributed by atoms with Gasteiger partial charge in [-0.25, -0.2) is 4.79 Å². The molecule has 0 N–H and O–H groups in total. The third-order valence-electron chi connectivity index (χ3n) is 7.02. The summed E-state index contributed by atoms with van der Waals surface area (Å²) in [6.45, 7) is 5.63. The Labute approximate surface area is 197 Å². The summed E-state index contributed by atoms with van der Waals surface area (Å²) >= 11 is 0. The number of hydrogen-bond donors (Lipinski definition) is 0. The van der Waals surface area contributed by atoms with Gasteiger partial charge in [-0.05, 0) is 56.9 Å². The fourth-order valence-electron chi connectivity index (χ4n) is 5.18. The number of likely N-dealkylation sites (tertiary alicyclic amines) is 1. The van der Waals surface area contributed by atoms with Crippen LogP contribution in [0.1, 0.15) is 43.5 Å². The molecule has 1 atom stereocenters. The largest absolute Gasteiger partial charge is 0.416 e. The number of pyridine rings is 1. The molecule has 2 aromatic rings.